The molecule has 2 N–H and O–H groups in total. The van der Waals surface area contributed by atoms with E-state index in [1.165, 1.54) is 6.92 Å². The van der Waals surface area contributed by atoms with E-state index in [1.807, 2.05) is 13.0 Å². The van der Waals surface area contributed by atoms with Gasteiger partial charge in [-0.05, 0) is 63.0 Å². The molecule has 0 radical (unpaired) electrons. The summed E-state index contributed by atoms with van der Waals surface area (Å²) in [5.74, 6) is 0.410. The van der Waals surface area contributed by atoms with Gasteiger partial charge < -0.3 is 10.2 Å². The predicted molar refractivity (Wildman–Crippen MR) is 93.6 cm³/mol. The summed E-state index contributed by atoms with van der Waals surface area (Å²) >= 11 is 0. The average molecular weight is 344 g/mol. The van der Waals surface area contributed by atoms with Crippen LogP contribution in [0.15, 0.2) is 23.8 Å². The van der Waals surface area contributed by atoms with Crippen molar-refractivity contribution in [3.63, 3.8) is 0 Å². The number of carbonyl (C=O) groups is 2. The van der Waals surface area contributed by atoms with Gasteiger partial charge in [-0.3, -0.25) is 9.59 Å². The third-order valence-electron chi connectivity index (χ3n) is 8.23. The van der Waals surface area contributed by atoms with Gasteiger partial charge in [-0.1, -0.05) is 25.5 Å². The summed E-state index contributed by atoms with van der Waals surface area (Å²) in [5.41, 5.74) is -1.05. The van der Waals surface area contributed by atoms with Crippen LogP contribution < -0.4 is 0 Å². The van der Waals surface area contributed by atoms with Gasteiger partial charge in [-0.15, -0.1) is 0 Å². The van der Waals surface area contributed by atoms with Crippen LogP contribution in [0.5, 0.6) is 0 Å². The number of allylic oxidation sites excluding steroid dienone is 4. The Bertz CT molecular complexity index is 707. The first-order chi connectivity index (χ1) is 11.6. The van der Waals surface area contributed by atoms with Crippen LogP contribution in [-0.4, -0.2) is 33.5 Å². The minimum Gasteiger partial charge on any atom is -0.393 e. The summed E-state index contributed by atoms with van der Waals surface area (Å²) in [5, 5.41) is 22.3. The van der Waals surface area contributed by atoms with Crippen molar-refractivity contribution >= 4 is 11.6 Å². The molecule has 136 valence electrons. The number of aliphatic hydroxyl groups excluding tert-OH is 1. The molecule has 4 rings (SSSR count). The highest BCUT2D eigenvalue weighted by atomic mass is 16.3. The zero-order valence-corrected chi connectivity index (χ0v) is 15.3. The van der Waals surface area contributed by atoms with Gasteiger partial charge in [0.1, 0.15) is 5.60 Å². The van der Waals surface area contributed by atoms with Gasteiger partial charge in [0.2, 0.25) is 0 Å². The van der Waals surface area contributed by atoms with E-state index in [-0.39, 0.29) is 34.7 Å². The molecule has 0 saturated heterocycles. The van der Waals surface area contributed by atoms with Crippen molar-refractivity contribution in [2.45, 2.75) is 64.6 Å². The van der Waals surface area contributed by atoms with Gasteiger partial charge in [0.15, 0.2) is 11.6 Å². The second kappa shape index (κ2) is 5.14. The molecule has 0 aromatic rings. The number of hydrogen-bond acceptors (Lipinski definition) is 4. The van der Waals surface area contributed by atoms with Crippen LogP contribution in [0.25, 0.3) is 0 Å². The number of Topliss-reactive ketones (excluding diaryl/α,β-unsaturated/α-hetero) is 1. The molecule has 0 bridgehead atoms. The summed E-state index contributed by atoms with van der Waals surface area (Å²) in [4.78, 5) is 24.0. The molecule has 4 nitrogen and oxygen atoms in total. The normalized spacial score (nSPS) is 51.4. The van der Waals surface area contributed by atoms with Gasteiger partial charge in [-0.25, -0.2) is 0 Å². The third-order valence-corrected chi connectivity index (χ3v) is 8.23. The Labute approximate surface area is 149 Å². The summed E-state index contributed by atoms with van der Waals surface area (Å²) in [7, 11) is 0. The lowest BCUT2D eigenvalue weighted by Gasteiger charge is -2.59. The maximum atomic E-state index is 12.2. The van der Waals surface area contributed by atoms with Crippen molar-refractivity contribution in [3.8, 4) is 0 Å². The van der Waals surface area contributed by atoms with Crippen molar-refractivity contribution in [1.82, 2.24) is 0 Å². The van der Waals surface area contributed by atoms with Crippen LogP contribution in [-0.2, 0) is 9.59 Å². The molecule has 3 saturated carbocycles. The number of ketones is 2. The molecule has 0 aromatic heterocycles. The molecule has 4 heteroatoms. The Morgan fingerprint density at radius 2 is 2.00 bits per heavy atom. The fourth-order valence-electron chi connectivity index (χ4n) is 6.91. The van der Waals surface area contributed by atoms with Crippen molar-refractivity contribution in [1.29, 1.82) is 0 Å². The van der Waals surface area contributed by atoms with E-state index in [0.29, 0.717) is 12.8 Å². The van der Waals surface area contributed by atoms with Gasteiger partial charge in [-0.2, -0.15) is 0 Å². The van der Waals surface area contributed by atoms with E-state index in [1.54, 1.807) is 12.2 Å². The molecule has 0 heterocycles. The Kier molecular flexibility index (Phi) is 3.53. The van der Waals surface area contributed by atoms with Crippen LogP contribution in [0, 0.1) is 28.6 Å². The Morgan fingerprint density at radius 3 is 2.68 bits per heavy atom. The van der Waals surface area contributed by atoms with Crippen LogP contribution >= 0.6 is 0 Å². The first-order valence-electron chi connectivity index (χ1n) is 9.49. The number of rotatable bonds is 1. The second-order valence-electron chi connectivity index (χ2n) is 9.17. The van der Waals surface area contributed by atoms with Gasteiger partial charge in [0.25, 0.3) is 0 Å². The monoisotopic (exact) mass is 344 g/mol. The fraction of sp³-hybridized carbons (Fsp3) is 0.714. The molecule has 0 spiro atoms. The molecular formula is C21H28O4. The van der Waals surface area contributed by atoms with E-state index in [2.05, 4.69) is 6.92 Å². The zero-order chi connectivity index (χ0) is 18.2. The number of carbonyl (C=O) groups excluding carboxylic acids is 2. The maximum absolute atomic E-state index is 12.2. The first-order valence-corrected chi connectivity index (χ1v) is 9.49. The molecule has 0 aliphatic heterocycles. The van der Waals surface area contributed by atoms with Gasteiger partial charge in [0, 0.05) is 16.7 Å². The highest BCUT2D eigenvalue weighted by Crippen LogP contribution is 2.66. The van der Waals surface area contributed by atoms with E-state index in [0.717, 1.165) is 24.8 Å². The zero-order valence-electron chi connectivity index (χ0n) is 15.3. The quantitative estimate of drug-likeness (QED) is 0.767. The Balaban J connectivity index is 1.76. The van der Waals surface area contributed by atoms with Crippen LogP contribution in [0.3, 0.4) is 0 Å². The topological polar surface area (TPSA) is 74.6 Å². The Morgan fingerprint density at radius 1 is 1.28 bits per heavy atom. The average Bonchev–Trinajstić information content (AvgIpc) is 2.80. The lowest BCUT2D eigenvalue weighted by atomic mass is 9.46. The Hall–Kier alpha value is -1.26. The molecule has 0 aromatic carbocycles. The largest absolute Gasteiger partial charge is 0.393 e. The standard InChI is InChI=1S/C21H28O4/c1-12(22)21(25)9-7-16-15-5-4-13-10-14(23)6-8-19(13,2)18(15)17(24)11-20(16,21)3/h6,8,10,15-18,24-25H,4-5,7,9,11H2,1-3H3/t15?,16?,17?,18?,19?,20?,21-/m0/s1. The molecule has 7 atom stereocenters. The highest BCUT2D eigenvalue weighted by molar-refractivity contribution is 6.01. The van der Waals surface area contributed by atoms with Crippen molar-refractivity contribution in [3.05, 3.63) is 23.8 Å². The molecule has 0 amide bonds. The summed E-state index contributed by atoms with van der Waals surface area (Å²) < 4.78 is 0. The maximum Gasteiger partial charge on any atom is 0.178 e. The molecule has 4 aliphatic carbocycles. The summed E-state index contributed by atoms with van der Waals surface area (Å²) in [6.45, 7) is 5.61. The second-order valence-corrected chi connectivity index (χ2v) is 9.17. The minimum absolute atomic E-state index is 0.0351. The van der Waals surface area contributed by atoms with Crippen molar-refractivity contribution in [2.24, 2.45) is 28.6 Å². The third kappa shape index (κ3) is 2.01. The van der Waals surface area contributed by atoms with Gasteiger partial charge in [0.05, 0.1) is 6.10 Å². The number of hydrogen-bond donors (Lipinski definition) is 2. The minimum atomic E-state index is -1.32. The first kappa shape index (κ1) is 17.2. The molecule has 3 fully saturated rings. The predicted octanol–water partition coefficient (Wildman–Crippen LogP) is 2.59. The molecule has 25 heavy (non-hydrogen) atoms. The molecule has 4 aliphatic rings. The smallest absolute Gasteiger partial charge is 0.178 e. The summed E-state index contributed by atoms with van der Waals surface area (Å²) in [6, 6.07) is 0. The van der Waals surface area contributed by atoms with E-state index >= 15 is 0 Å². The summed E-state index contributed by atoms with van der Waals surface area (Å²) in [6.07, 6.45) is 8.32. The lowest BCUT2D eigenvalue weighted by molar-refractivity contribution is -0.175. The molecule has 6 unspecified atom stereocenters. The van der Waals surface area contributed by atoms with Crippen LogP contribution in [0.4, 0.5) is 0 Å². The van der Waals surface area contributed by atoms with Crippen LogP contribution in [0.1, 0.15) is 52.9 Å². The van der Waals surface area contributed by atoms with E-state index < -0.39 is 17.1 Å². The lowest BCUT2D eigenvalue weighted by Crippen LogP contribution is -2.61. The van der Waals surface area contributed by atoms with Crippen molar-refractivity contribution < 1.29 is 19.8 Å². The number of aliphatic hydroxyl groups is 2. The van der Waals surface area contributed by atoms with E-state index in [9.17, 15) is 19.8 Å². The number of fused-ring (bicyclic) bond motifs is 5. The molecular weight excluding hydrogens is 316 g/mol. The van der Waals surface area contributed by atoms with Crippen LogP contribution in [0.2, 0.25) is 0 Å². The SMILES string of the molecule is CC(=O)[C@@]1(O)CCC2C3CCC4=CC(=O)C=CC4(C)C3C(O)CC21C. The highest BCUT2D eigenvalue weighted by Gasteiger charge is 2.67. The van der Waals surface area contributed by atoms with Crippen molar-refractivity contribution in [2.75, 3.05) is 0 Å². The fourth-order valence-corrected chi connectivity index (χ4v) is 6.91. The van der Waals surface area contributed by atoms with Gasteiger partial charge >= 0.3 is 0 Å². The van der Waals surface area contributed by atoms with E-state index in [4.69, 9.17) is 0 Å².